The molecule has 0 spiro atoms. The third-order valence-corrected chi connectivity index (χ3v) is 4.12. The fourth-order valence-corrected chi connectivity index (χ4v) is 2.49. The summed E-state index contributed by atoms with van der Waals surface area (Å²) < 4.78 is 0. The standard InChI is InChI=1S/C14H14Cl2N2O/c1-4-18-14(19)11(7-17-18)13(16)10-6-5-8(2)9(3)12(10)15/h5-7H,4H2,1-3H3/b13-11+. The number of nitrogens with zero attached hydrogens (tertiary/aromatic N) is 2. The van der Waals surface area contributed by atoms with Gasteiger partial charge in [-0.25, -0.2) is 5.01 Å². The topological polar surface area (TPSA) is 32.7 Å². The Hall–Kier alpha value is -1.32. The molecule has 0 aromatic heterocycles. The summed E-state index contributed by atoms with van der Waals surface area (Å²) in [6.45, 7) is 6.28. The van der Waals surface area contributed by atoms with Crippen molar-refractivity contribution in [1.82, 2.24) is 5.01 Å². The lowest BCUT2D eigenvalue weighted by Gasteiger charge is -2.11. The van der Waals surface area contributed by atoms with Gasteiger partial charge in [-0.05, 0) is 31.9 Å². The second kappa shape index (κ2) is 5.35. The Balaban J connectivity index is 2.52. The predicted octanol–water partition coefficient (Wildman–Crippen LogP) is 3.75. The molecule has 2 rings (SSSR count). The van der Waals surface area contributed by atoms with E-state index in [2.05, 4.69) is 5.10 Å². The van der Waals surface area contributed by atoms with Gasteiger partial charge in [0.1, 0.15) is 0 Å². The van der Waals surface area contributed by atoms with Gasteiger partial charge in [-0.3, -0.25) is 4.79 Å². The normalized spacial score (nSPS) is 17.3. The lowest BCUT2D eigenvalue weighted by atomic mass is 10.0. The van der Waals surface area contributed by atoms with E-state index in [1.165, 1.54) is 11.2 Å². The van der Waals surface area contributed by atoms with Crippen LogP contribution < -0.4 is 0 Å². The third kappa shape index (κ3) is 2.40. The number of rotatable bonds is 2. The Bertz CT molecular complexity index is 606. The van der Waals surface area contributed by atoms with Gasteiger partial charge in [0, 0.05) is 12.1 Å². The van der Waals surface area contributed by atoms with Gasteiger partial charge in [0.2, 0.25) is 0 Å². The van der Waals surface area contributed by atoms with Crippen molar-refractivity contribution in [1.29, 1.82) is 0 Å². The molecule has 0 aliphatic carbocycles. The van der Waals surface area contributed by atoms with Gasteiger partial charge in [0.05, 0.1) is 21.8 Å². The van der Waals surface area contributed by atoms with E-state index >= 15 is 0 Å². The number of benzene rings is 1. The first kappa shape index (κ1) is 14.1. The zero-order valence-electron chi connectivity index (χ0n) is 11.0. The summed E-state index contributed by atoms with van der Waals surface area (Å²) in [5.41, 5.74) is 3.10. The summed E-state index contributed by atoms with van der Waals surface area (Å²) in [6.07, 6.45) is 1.49. The predicted molar refractivity (Wildman–Crippen MR) is 79.6 cm³/mol. The van der Waals surface area contributed by atoms with E-state index in [1.54, 1.807) is 0 Å². The molecule has 1 aliphatic heterocycles. The van der Waals surface area contributed by atoms with Crippen LogP contribution in [-0.4, -0.2) is 23.7 Å². The number of hydrogen-bond donors (Lipinski definition) is 0. The zero-order chi connectivity index (χ0) is 14.2. The maximum Gasteiger partial charge on any atom is 0.277 e. The lowest BCUT2D eigenvalue weighted by Crippen LogP contribution is -2.21. The molecule has 0 saturated carbocycles. The summed E-state index contributed by atoms with van der Waals surface area (Å²) in [5, 5.41) is 6.30. The van der Waals surface area contributed by atoms with Crippen LogP contribution in [0.5, 0.6) is 0 Å². The van der Waals surface area contributed by atoms with Crippen LogP contribution in [0.15, 0.2) is 22.8 Å². The SMILES string of the molecule is CCN1N=C/C(=C(\Cl)c2ccc(C)c(C)c2Cl)C1=O. The molecular weight excluding hydrogens is 283 g/mol. The van der Waals surface area contributed by atoms with E-state index in [1.807, 2.05) is 32.9 Å². The maximum atomic E-state index is 12.0. The van der Waals surface area contributed by atoms with Crippen LogP contribution in [0.25, 0.3) is 5.03 Å². The van der Waals surface area contributed by atoms with Crippen LogP contribution in [0.3, 0.4) is 0 Å². The molecule has 0 bridgehead atoms. The van der Waals surface area contributed by atoms with Crippen molar-refractivity contribution in [2.45, 2.75) is 20.8 Å². The molecule has 0 atom stereocenters. The van der Waals surface area contributed by atoms with E-state index in [-0.39, 0.29) is 5.91 Å². The van der Waals surface area contributed by atoms with Gasteiger partial charge >= 0.3 is 0 Å². The Labute approximate surface area is 122 Å². The molecule has 0 N–H and O–H groups in total. The monoisotopic (exact) mass is 296 g/mol. The number of aryl methyl sites for hydroxylation is 1. The number of hydrogen-bond acceptors (Lipinski definition) is 2. The molecule has 100 valence electrons. The Morgan fingerprint density at radius 3 is 2.63 bits per heavy atom. The summed E-state index contributed by atoms with van der Waals surface area (Å²) in [6, 6.07) is 3.77. The number of halogens is 2. The number of likely N-dealkylation sites (N-methyl/N-ethyl adjacent to an activating group) is 1. The summed E-state index contributed by atoms with van der Waals surface area (Å²) in [5.74, 6) is -0.193. The van der Waals surface area contributed by atoms with Crippen molar-refractivity contribution in [2.24, 2.45) is 5.10 Å². The lowest BCUT2D eigenvalue weighted by molar-refractivity contribution is -0.125. The first-order valence-electron chi connectivity index (χ1n) is 5.99. The first-order chi connectivity index (χ1) is 8.97. The largest absolute Gasteiger partial charge is 0.277 e. The fourth-order valence-electron chi connectivity index (χ4n) is 1.85. The molecule has 0 fully saturated rings. The van der Waals surface area contributed by atoms with E-state index in [0.717, 1.165) is 11.1 Å². The van der Waals surface area contributed by atoms with Gasteiger partial charge < -0.3 is 0 Å². The van der Waals surface area contributed by atoms with Gasteiger partial charge in [-0.1, -0.05) is 35.3 Å². The molecule has 1 aromatic rings. The molecule has 5 heteroatoms. The molecular formula is C14H14Cl2N2O. The molecule has 19 heavy (non-hydrogen) atoms. The van der Waals surface area contributed by atoms with E-state index < -0.39 is 0 Å². The van der Waals surface area contributed by atoms with Crippen LogP contribution in [0.4, 0.5) is 0 Å². The Kier molecular flexibility index (Phi) is 3.97. The number of amides is 1. The van der Waals surface area contributed by atoms with Crippen LogP contribution in [0.1, 0.15) is 23.6 Å². The van der Waals surface area contributed by atoms with Crippen molar-refractivity contribution in [3.8, 4) is 0 Å². The van der Waals surface area contributed by atoms with Crippen LogP contribution in [0.2, 0.25) is 5.02 Å². The molecule has 1 heterocycles. The molecule has 1 aliphatic rings. The second-order valence-electron chi connectivity index (χ2n) is 4.36. The van der Waals surface area contributed by atoms with Gasteiger partial charge in [-0.2, -0.15) is 5.10 Å². The van der Waals surface area contributed by atoms with E-state index in [0.29, 0.717) is 27.7 Å². The van der Waals surface area contributed by atoms with Crippen LogP contribution in [0, 0.1) is 13.8 Å². The van der Waals surface area contributed by atoms with Crippen molar-refractivity contribution < 1.29 is 4.79 Å². The van der Waals surface area contributed by atoms with E-state index in [9.17, 15) is 4.79 Å². The highest BCUT2D eigenvalue weighted by atomic mass is 35.5. The first-order valence-corrected chi connectivity index (χ1v) is 6.74. The van der Waals surface area contributed by atoms with Gasteiger partial charge in [0.15, 0.2) is 0 Å². The minimum Gasteiger partial charge on any atom is -0.267 e. The molecule has 0 radical (unpaired) electrons. The van der Waals surface area contributed by atoms with E-state index in [4.69, 9.17) is 23.2 Å². The molecule has 3 nitrogen and oxygen atoms in total. The third-order valence-electron chi connectivity index (χ3n) is 3.22. The quantitative estimate of drug-likeness (QED) is 0.765. The van der Waals surface area contributed by atoms with Crippen molar-refractivity contribution in [3.05, 3.63) is 39.4 Å². The zero-order valence-corrected chi connectivity index (χ0v) is 12.5. The Morgan fingerprint density at radius 1 is 1.37 bits per heavy atom. The Morgan fingerprint density at radius 2 is 2.05 bits per heavy atom. The number of carbonyl (C=O) groups is 1. The van der Waals surface area contributed by atoms with Crippen molar-refractivity contribution in [3.63, 3.8) is 0 Å². The molecule has 0 saturated heterocycles. The second-order valence-corrected chi connectivity index (χ2v) is 5.12. The number of carbonyl (C=O) groups excluding carboxylic acids is 1. The fraction of sp³-hybridized carbons (Fsp3) is 0.286. The smallest absolute Gasteiger partial charge is 0.267 e. The summed E-state index contributed by atoms with van der Waals surface area (Å²) in [7, 11) is 0. The number of hydrazone groups is 1. The van der Waals surface area contributed by atoms with Gasteiger partial charge in [-0.15, -0.1) is 0 Å². The maximum absolute atomic E-state index is 12.0. The van der Waals surface area contributed by atoms with Crippen molar-refractivity contribution in [2.75, 3.05) is 6.54 Å². The highest BCUT2D eigenvalue weighted by Gasteiger charge is 2.25. The molecule has 1 amide bonds. The van der Waals surface area contributed by atoms with Gasteiger partial charge in [0.25, 0.3) is 5.91 Å². The minimum atomic E-state index is -0.193. The molecule has 1 aromatic carbocycles. The van der Waals surface area contributed by atoms with Crippen molar-refractivity contribution >= 4 is 40.4 Å². The average molecular weight is 297 g/mol. The highest BCUT2D eigenvalue weighted by molar-refractivity contribution is 6.55. The van der Waals surface area contributed by atoms with Crippen LogP contribution in [-0.2, 0) is 4.79 Å². The molecule has 0 unspecified atom stereocenters. The summed E-state index contributed by atoms with van der Waals surface area (Å²) >= 11 is 12.6. The highest BCUT2D eigenvalue weighted by Crippen LogP contribution is 2.34. The van der Waals surface area contributed by atoms with Crippen LogP contribution >= 0.6 is 23.2 Å². The minimum absolute atomic E-state index is 0.193. The average Bonchev–Trinajstić information content (AvgIpc) is 2.76. The summed E-state index contributed by atoms with van der Waals surface area (Å²) in [4.78, 5) is 12.0.